The third kappa shape index (κ3) is 4.07. The van der Waals surface area contributed by atoms with Gasteiger partial charge in [0.05, 0.1) is 16.7 Å². The Labute approximate surface area is 170 Å². The number of anilines is 1. The van der Waals surface area contributed by atoms with Crippen molar-refractivity contribution in [3.63, 3.8) is 0 Å². The van der Waals surface area contributed by atoms with Gasteiger partial charge in [-0.25, -0.2) is 0 Å². The second kappa shape index (κ2) is 7.96. The van der Waals surface area contributed by atoms with Gasteiger partial charge in [-0.1, -0.05) is 30.3 Å². The number of carbonyl (C=O) groups is 1. The van der Waals surface area contributed by atoms with Crippen LogP contribution in [0.4, 0.5) is 11.4 Å². The van der Waals surface area contributed by atoms with E-state index in [0.717, 1.165) is 16.8 Å². The molecule has 1 aromatic heterocycles. The summed E-state index contributed by atoms with van der Waals surface area (Å²) in [6.07, 6.45) is 0. The monoisotopic (exact) mass is 404 g/mol. The number of nitro groups is 1. The van der Waals surface area contributed by atoms with Crippen LogP contribution in [0.1, 0.15) is 16.3 Å². The number of phenols is 1. The van der Waals surface area contributed by atoms with E-state index in [4.69, 9.17) is 9.15 Å². The lowest BCUT2D eigenvalue weighted by Gasteiger charge is -2.06. The van der Waals surface area contributed by atoms with E-state index in [9.17, 15) is 20.0 Å². The van der Waals surface area contributed by atoms with Crippen molar-refractivity contribution < 1.29 is 24.0 Å². The minimum atomic E-state index is -0.639. The molecule has 0 aliphatic carbocycles. The van der Waals surface area contributed by atoms with Gasteiger partial charge >= 0.3 is 0 Å². The van der Waals surface area contributed by atoms with Crippen LogP contribution < -0.4 is 10.1 Å². The summed E-state index contributed by atoms with van der Waals surface area (Å²) in [5.74, 6) is 0.123. The highest BCUT2D eigenvalue weighted by atomic mass is 16.6. The van der Waals surface area contributed by atoms with E-state index in [1.807, 2.05) is 42.5 Å². The molecule has 3 aromatic carbocycles. The minimum Gasteiger partial charge on any atom is -0.506 e. The Hall–Kier alpha value is -4.33. The van der Waals surface area contributed by atoms with E-state index in [-0.39, 0.29) is 23.7 Å². The van der Waals surface area contributed by atoms with Crippen molar-refractivity contribution >= 4 is 28.1 Å². The third-order valence-corrected chi connectivity index (χ3v) is 4.43. The summed E-state index contributed by atoms with van der Waals surface area (Å²) < 4.78 is 11.2. The molecule has 0 aliphatic rings. The fourth-order valence-electron chi connectivity index (χ4n) is 2.91. The molecule has 0 radical (unpaired) electrons. The summed E-state index contributed by atoms with van der Waals surface area (Å²) in [6.45, 7) is 0.133. The maximum absolute atomic E-state index is 12.3. The first-order valence-electron chi connectivity index (χ1n) is 8.99. The molecule has 0 bridgehead atoms. The second-order valence-corrected chi connectivity index (χ2v) is 6.48. The summed E-state index contributed by atoms with van der Waals surface area (Å²) in [6, 6.07) is 20.1. The highest BCUT2D eigenvalue weighted by Crippen LogP contribution is 2.28. The first kappa shape index (κ1) is 19.0. The van der Waals surface area contributed by atoms with Crippen LogP contribution in [0, 0.1) is 10.1 Å². The number of hydrogen-bond acceptors (Lipinski definition) is 6. The number of carbonyl (C=O) groups excluding carboxylic acids is 1. The number of aromatic hydroxyl groups is 1. The van der Waals surface area contributed by atoms with Crippen molar-refractivity contribution in [2.75, 3.05) is 5.32 Å². The zero-order chi connectivity index (χ0) is 21.1. The molecule has 150 valence electrons. The number of fused-ring (bicyclic) bond motifs is 1. The summed E-state index contributed by atoms with van der Waals surface area (Å²) in [7, 11) is 0. The molecule has 2 N–H and O–H groups in total. The molecular weight excluding hydrogens is 388 g/mol. The van der Waals surface area contributed by atoms with Crippen LogP contribution in [0.25, 0.3) is 10.8 Å². The van der Waals surface area contributed by atoms with Gasteiger partial charge in [-0.2, -0.15) is 0 Å². The van der Waals surface area contributed by atoms with Crippen molar-refractivity contribution in [2.24, 2.45) is 0 Å². The topological polar surface area (TPSA) is 115 Å². The Morgan fingerprint density at radius 2 is 1.83 bits per heavy atom. The number of nitrogens with zero attached hydrogens (tertiary/aromatic N) is 1. The van der Waals surface area contributed by atoms with Crippen LogP contribution in [-0.4, -0.2) is 15.9 Å². The fraction of sp³-hybridized carbons (Fsp3) is 0.0455. The van der Waals surface area contributed by atoms with Gasteiger partial charge in [0.15, 0.2) is 5.76 Å². The molecule has 1 heterocycles. The van der Waals surface area contributed by atoms with Gasteiger partial charge in [-0.3, -0.25) is 14.9 Å². The molecule has 0 saturated heterocycles. The first-order valence-corrected chi connectivity index (χ1v) is 8.99. The predicted molar refractivity (Wildman–Crippen MR) is 110 cm³/mol. The number of nitrogens with one attached hydrogen (secondary N) is 1. The molecule has 30 heavy (non-hydrogen) atoms. The standard InChI is InChI=1S/C22H16N2O6/c25-20-12-16(24(27)28)6-9-19(20)23-22(26)21-10-8-18(30-21)13-29-17-7-5-14-3-1-2-4-15(14)11-17/h1-12,25H,13H2,(H,23,26). The number of furan rings is 1. The number of amides is 1. The lowest BCUT2D eigenvalue weighted by atomic mass is 10.1. The quantitative estimate of drug-likeness (QED) is 0.269. The molecule has 4 aromatic rings. The molecule has 0 atom stereocenters. The van der Waals surface area contributed by atoms with Crippen molar-refractivity contribution in [1.82, 2.24) is 0 Å². The van der Waals surface area contributed by atoms with Gasteiger partial charge < -0.3 is 19.6 Å². The number of benzene rings is 3. The molecule has 8 nitrogen and oxygen atoms in total. The van der Waals surface area contributed by atoms with Gasteiger partial charge in [0.25, 0.3) is 11.6 Å². The summed E-state index contributed by atoms with van der Waals surface area (Å²) >= 11 is 0. The number of nitro benzene ring substituents is 1. The summed E-state index contributed by atoms with van der Waals surface area (Å²) in [5.41, 5.74) is -0.243. The molecule has 0 spiro atoms. The molecule has 0 fully saturated rings. The minimum absolute atomic E-state index is 0.0184. The van der Waals surface area contributed by atoms with E-state index in [2.05, 4.69) is 5.32 Å². The van der Waals surface area contributed by atoms with Crippen LogP contribution in [0.2, 0.25) is 0 Å². The highest BCUT2D eigenvalue weighted by Gasteiger charge is 2.16. The maximum atomic E-state index is 12.3. The number of phenolic OH excluding ortho intramolecular Hbond substituents is 1. The molecule has 4 rings (SSSR count). The van der Waals surface area contributed by atoms with Crippen molar-refractivity contribution in [2.45, 2.75) is 6.61 Å². The Kier molecular flexibility index (Phi) is 5.04. The van der Waals surface area contributed by atoms with Gasteiger partial charge in [-0.15, -0.1) is 0 Å². The van der Waals surface area contributed by atoms with Crippen LogP contribution >= 0.6 is 0 Å². The van der Waals surface area contributed by atoms with Gasteiger partial charge in [0, 0.05) is 6.07 Å². The van der Waals surface area contributed by atoms with Gasteiger partial charge in [-0.05, 0) is 41.1 Å². The Balaban J connectivity index is 1.40. The lowest BCUT2D eigenvalue weighted by molar-refractivity contribution is -0.384. The van der Waals surface area contributed by atoms with E-state index in [1.165, 1.54) is 18.2 Å². The summed E-state index contributed by atoms with van der Waals surface area (Å²) in [5, 5.41) is 25.2. The maximum Gasteiger partial charge on any atom is 0.291 e. The van der Waals surface area contributed by atoms with Crippen molar-refractivity contribution in [3.05, 3.63) is 94.4 Å². The molecule has 0 unspecified atom stereocenters. The normalized spacial score (nSPS) is 10.7. The fourth-order valence-corrected chi connectivity index (χ4v) is 2.91. The largest absolute Gasteiger partial charge is 0.506 e. The number of rotatable bonds is 6. The smallest absolute Gasteiger partial charge is 0.291 e. The van der Waals surface area contributed by atoms with Gasteiger partial charge in [0.1, 0.15) is 23.9 Å². The third-order valence-electron chi connectivity index (χ3n) is 4.43. The average Bonchev–Trinajstić information content (AvgIpc) is 3.22. The highest BCUT2D eigenvalue weighted by molar-refractivity contribution is 6.03. The lowest BCUT2D eigenvalue weighted by Crippen LogP contribution is -2.11. The molecule has 8 heteroatoms. The van der Waals surface area contributed by atoms with Crippen LogP contribution in [-0.2, 0) is 6.61 Å². The number of ether oxygens (including phenoxy) is 1. The first-order chi connectivity index (χ1) is 14.5. The predicted octanol–water partition coefficient (Wildman–Crippen LogP) is 4.88. The molecular formula is C22H16N2O6. The Morgan fingerprint density at radius 1 is 1.03 bits per heavy atom. The van der Waals surface area contributed by atoms with E-state index in [1.54, 1.807) is 6.07 Å². The van der Waals surface area contributed by atoms with E-state index < -0.39 is 16.6 Å². The Morgan fingerprint density at radius 3 is 2.60 bits per heavy atom. The Bertz CT molecular complexity index is 1250. The zero-order valence-electron chi connectivity index (χ0n) is 15.6. The van der Waals surface area contributed by atoms with Crippen LogP contribution in [0.3, 0.4) is 0 Å². The summed E-state index contributed by atoms with van der Waals surface area (Å²) in [4.78, 5) is 22.4. The van der Waals surface area contributed by atoms with Crippen LogP contribution in [0.15, 0.2) is 77.2 Å². The number of hydrogen-bond donors (Lipinski definition) is 2. The van der Waals surface area contributed by atoms with Crippen molar-refractivity contribution in [3.8, 4) is 11.5 Å². The second-order valence-electron chi connectivity index (χ2n) is 6.48. The number of non-ortho nitro benzene ring substituents is 1. The van der Waals surface area contributed by atoms with Gasteiger partial charge in [0.2, 0.25) is 0 Å². The van der Waals surface area contributed by atoms with Crippen LogP contribution in [0.5, 0.6) is 11.5 Å². The molecule has 0 aliphatic heterocycles. The molecule has 0 saturated carbocycles. The van der Waals surface area contributed by atoms with Crippen molar-refractivity contribution in [1.29, 1.82) is 0 Å². The van der Waals surface area contributed by atoms with E-state index >= 15 is 0 Å². The molecule has 1 amide bonds. The zero-order valence-corrected chi connectivity index (χ0v) is 15.6. The average molecular weight is 404 g/mol. The van der Waals surface area contributed by atoms with E-state index in [0.29, 0.717) is 11.5 Å². The SMILES string of the molecule is O=C(Nc1ccc([N+](=O)[O-])cc1O)c1ccc(COc2ccc3ccccc3c2)o1.